The van der Waals surface area contributed by atoms with Gasteiger partial charge < -0.3 is 9.32 Å². The lowest BCUT2D eigenvalue weighted by molar-refractivity contribution is 0.669. The highest BCUT2D eigenvalue weighted by atomic mass is 16.3. The lowest BCUT2D eigenvalue weighted by Gasteiger charge is -2.27. The van der Waals surface area contributed by atoms with Gasteiger partial charge in [0, 0.05) is 33.2 Å². The number of hydrogen-bond donors (Lipinski definition) is 0. The molecule has 0 spiro atoms. The molecule has 0 radical (unpaired) electrons. The van der Waals surface area contributed by atoms with E-state index in [1.165, 1.54) is 76.3 Å². The van der Waals surface area contributed by atoms with Crippen molar-refractivity contribution in [2.45, 2.75) is 0 Å². The Labute approximate surface area is 347 Å². The molecule has 12 aromatic rings. The maximum absolute atomic E-state index is 6.39. The van der Waals surface area contributed by atoms with Gasteiger partial charge in [0.05, 0.1) is 0 Å². The number of nitrogens with zero attached hydrogens (tertiary/aromatic N) is 1. The van der Waals surface area contributed by atoms with E-state index in [0.717, 1.165) is 39.2 Å². The molecular formula is C58H37NO. The van der Waals surface area contributed by atoms with E-state index < -0.39 is 0 Å². The number of fused-ring (bicyclic) bond motifs is 11. The van der Waals surface area contributed by atoms with Gasteiger partial charge in [-0.25, -0.2) is 0 Å². The molecule has 0 aliphatic carbocycles. The van der Waals surface area contributed by atoms with E-state index in [-0.39, 0.29) is 0 Å². The normalized spacial score (nSPS) is 11.7. The summed E-state index contributed by atoms with van der Waals surface area (Å²) in [5.41, 5.74) is 12.3. The molecule has 12 rings (SSSR count). The second-order valence-corrected chi connectivity index (χ2v) is 15.6. The standard InChI is InChI=1S/C58H37NO/c1-2-13-38(14-3-1)39-27-31-43(32-28-39)59(44-33-29-41(30-34-44)47-23-11-16-40-15-4-5-19-46(40)47)45-18-10-17-42(37-45)48-24-12-25-50-52-35-36-55-58(53-22-8-9-26-54(53)60-55)57(52)51-21-7-6-20-49(51)56(48)50/h1-37H. The average Bonchev–Trinajstić information content (AvgIpc) is 3.71. The van der Waals surface area contributed by atoms with Crippen LogP contribution in [0.3, 0.4) is 0 Å². The van der Waals surface area contributed by atoms with Crippen molar-refractivity contribution in [3.8, 4) is 33.4 Å². The van der Waals surface area contributed by atoms with Crippen LogP contribution in [0.1, 0.15) is 0 Å². The number of para-hydroxylation sites is 1. The van der Waals surface area contributed by atoms with Gasteiger partial charge in [0.1, 0.15) is 11.2 Å². The van der Waals surface area contributed by atoms with E-state index in [9.17, 15) is 0 Å². The van der Waals surface area contributed by atoms with Crippen molar-refractivity contribution in [2.24, 2.45) is 0 Å². The van der Waals surface area contributed by atoms with Crippen LogP contribution in [0.15, 0.2) is 229 Å². The molecule has 0 aliphatic rings. The van der Waals surface area contributed by atoms with Crippen LogP contribution in [-0.4, -0.2) is 0 Å². The number of rotatable bonds is 6. The predicted octanol–water partition coefficient (Wildman–Crippen LogP) is 16.7. The van der Waals surface area contributed by atoms with Gasteiger partial charge in [0.25, 0.3) is 0 Å². The molecule has 0 fully saturated rings. The molecule has 0 saturated carbocycles. The van der Waals surface area contributed by atoms with E-state index in [2.05, 4.69) is 223 Å². The van der Waals surface area contributed by atoms with Crippen molar-refractivity contribution < 1.29 is 4.42 Å². The zero-order chi connectivity index (χ0) is 39.6. The van der Waals surface area contributed by atoms with Crippen molar-refractivity contribution in [1.82, 2.24) is 0 Å². The molecule has 2 nitrogen and oxygen atoms in total. The molecule has 1 heterocycles. The summed E-state index contributed by atoms with van der Waals surface area (Å²) in [6.07, 6.45) is 0. The molecule has 0 N–H and O–H groups in total. The quantitative estimate of drug-likeness (QED) is 0.157. The molecule has 0 bridgehead atoms. The van der Waals surface area contributed by atoms with Gasteiger partial charge >= 0.3 is 0 Å². The predicted molar refractivity (Wildman–Crippen MR) is 255 cm³/mol. The molecule has 0 amide bonds. The van der Waals surface area contributed by atoms with E-state index in [4.69, 9.17) is 4.42 Å². The van der Waals surface area contributed by atoms with E-state index >= 15 is 0 Å². The maximum atomic E-state index is 6.39. The molecule has 0 unspecified atom stereocenters. The molecule has 2 heteroatoms. The number of furan rings is 1. The molecule has 0 saturated heterocycles. The topological polar surface area (TPSA) is 16.4 Å². The van der Waals surface area contributed by atoms with Gasteiger partial charge in [-0.1, -0.05) is 170 Å². The van der Waals surface area contributed by atoms with E-state index in [1.54, 1.807) is 0 Å². The number of hydrogen-bond acceptors (Lipinski definition) is 2. The monoisotopic (exact) mass is 763 g/mol. The highest BCUT2D eigenvalue weighted by Crippen LogP contribution is 2.46. The highest BCUT2D eigenvalue weighted by molar-refractivity contribution is 6.36. The van der Waals surface area contributed by atoms with Gasteiger partial charge in [-0.05, 0) is 126 Å². The van der Waals surface area contributed by atoms with Gasteiger partial charge in [-0.15, -0.1) is 0 Å². The van der Waals surface area contributed by atoms with Crippen LogP contribution in [0.2, 0.25) is 0 Å². The summed E-state index contributed by atoms with van der Waals surface area (Å²) in [4.78, 5) is 2.38. The zero-order valence-corrected chi connectivity index (χ0v) is 32.7. The molecular weight excluding hydrogens is 727 g/mol. The highest BCUT2D eigenvalue weighted by Gasteiger charge is 2.20. The van der Waals surface area contributed by atoms with Gasteiger partial charge in [0.15, 0.2) is 0 Å². The van der Waals surface area contributed by atoms with Crippen LogP contribution in [0.25, 0.3) is 98.4 Å². The molecule has 1 aromatic heterocycles. The summed E-state index contributed by atoms with van der Waals surface area (Å²) in [6, 6.07) is 81.2. The van der Waals surface area contributed by atoms with Gasteiger partial charge in [-0.2, -0.15) is 0 Å². The first kappa shape index (κ1) is 34.1. The summed E-state index contributed by atoms with van der Waals surface area (Å²) in [6.45, 7) is 0. The lowest BCUT2D eigenvalue weighted by Crippen LogP contribution is -2.10. The summed E-state index contributed by atoms with van der Waals surface area (Å²) in [5.74, 6) is 0. The second-order valence-electron chi connectivity index (χ2n) is 15.6. The van der Waals surface area contributed by atoms with Crippen molar-refractivity contribution in [3.63, 3.8) is 0 Å². The Bertz CT molecular complexity index is 3550. The fourth-order valence-corrected chi connectivity index (χ4v) is 9.51. The molecule has 0 aliphatic heterocycles. The first-order valence-corrected chi connectivity index (χ1v) is 20.6. The van der Waals surface area contributed by atoms with Crippen LogP contribution < -0.4 is 4.90 Å². The Morgan fingerprint density at radius 1 is 0.267 bits per heavy atom. The van der Waals surface area contributed by atoms with E-state index in [1.807, 2.05) is 6.07 Å². The average molecular weight is 764 g/mol. The number of anilines is 3. The van der Waals surface area contributed by atoms with Crippen molar-refractivity contribution in [2.75, 3.05) is 4.90 Å². The van der Waals surface area contributed by atoms with Gasteiger partial charge in [0.2, 0.25) is 0 Å². The first-order valence-electron chi connectivity index (χ1n) is 20.6. The Hall–Kier alpha value is -7.94. The summed E-state index contributed by atoms with van der Waals surface area (Å²) in [5, 5.41) is 12.2. The van der Waals surface area contributed by atoms with Crippen LogP contribution in [-0.2, 0) is 0 Å². The third kappa shape index (κ3) is 5.50. The Morgan fingerprint density at radius 3 is 1.58 bits per heavy atom. The molecule has 0 atom stereocenters. The fourth-order valence-electron chi connectivity index (χ4n) is 9.51. The summed E-state index contributed by atoms with van der Waals surface area (Å²) >= 11 is 0. The molecule has 11 aromatic carbocycles. The molecule has 280 valence electrons. The van der Waals surface area contributed by atoms with E-state index in [0.29, 0.717) is 0 Å². The largest absolute Gasteiger partial charge is 0.456 e. The minimum absolute atomic E-state index is 0.914. The van der Waals surface area contributed by atoms with Crippen LogP contribution in [0.4, 0.5) is 17.1 Å². The first-order chi connectivity index (χ1) is 29.8. The van der Waals surface area contributed by atoms with Crippen LogP contribution in [0.5, 0.6) is 0 Å². The summed E-state index contributed by atoms with van der Waals surface area (Å²) in [7, 11) is 0. The Kier molecular flexibility index (Phi) is 7.89. The second kappa shape index (κ2) is 13.9. The minimum Gasteiger partial charge on any atom is -0.456 e. The van der Waals surface area contributed by atoms with Gasteiger partial charge in [-0.3, -0.25) is 0 Å². The molecule has 60 heavy (non-hydrogen) atoms. The van der Waals surface area contributed by atoms with Crippen molar-refractivity contribution in [3.05, 3.63) is 224 Å². The zero-order valence-electron chi connectivity index (χ0n) is 32.7. The lowest BCUT2D eigenvalue weighted by atomic mass is 9.88. The summed E-state index contributed by atoms with van der Waals surface area (Å²) < 4.78 is 6.39. The fraction of sp³-hybridized carbons (Fsp3) is 0. The minimum atomic E-state index is 0.914. The van der Waals surface area contributed by atoms with Crippen molar-refractivity contribution >= 4 is 82.1 Å². The maximum Gasteiger partial charge on any atom is 0.136 e. The van der Waals surface area contributed by atoms with Crippen LogP contribution in [0, 0.1) is 0 Å². The third-order valence-corrected chi connectivity index (χ3v) is 12.2. The number of benzene rings is 11. The third-order valence-electron chi connectivity index (χ3n) is 12.2. The van der Waals surface area contributed by atoms with Crippen LogP contribution >= 0.6 is 0 Å². The Balaban J connectivity index is 1.04. The smallest absolute Gasteiger partial charge is 0.136 e. The SMILES string of the molecule is c1ccc(-c2ccc(N(c3ccc(-c4cccc5ccccc45)cc3)c3cccc(-c4cccc5c6ccc7oc8ccccc8c7c6c6ccccc6c45)c3)cc2)cc1. The van der Waals surface area contributed by atoms with Crippen molar-refractivity contribution in [1.29, 1.82) is 0 Å². The Morgan fingerprint density at radius 2 is 0.800 bits per heavy atom.